The monoisotopic (exact) mass is 374 g/mol. The van der Waals surface area contributed by atoms with Gasteiger partial charge in [-0.3, -0.25) is 0 Å². The first kappa shape index (κ1) is 18.9. The summed E-state index contributed by atoms with van der Waals surface area (Å²) >= 11 is 1.67. The molecule has 0 aliphatic carbocycles. The van der Waals surface area contributed by atoms with Gasteiger partial charge in [-0.2, -0.15) is 10.5 Å². The first-order valence-electron chi connectivity index (χ1n) is 8.45. The van der Waals surface area contributed by atoms with Crippen LogP contribution >= 0.6 is 11.8 Å². The van der Waals surface area contributed by atoms with Gasteiger partial charge >= 0.3 is 0 Å². The molecular formula is C25H14N2S. The van der Waals surface area contributed by atoms with Gasteiger partial charge in [-0.05, 0) is 54.8 Å². The van der Waals surface area contributed by atoms with Crippen LogP contribution in [0.15, 0.2) is 71.6 Å². The van der Waals surface area contributed by atoms with Crippen molar-refractivity contribution in [2.24, 2.45) is 0 Å². The van der Waals surface area contributed by atoms with Gasteiger partial charge in [-0.15, -0.1) is 11.8 Å². The Morgan fingerprint density at radius 2 is 1.11 bits per heavy atom. The number of thioether (sulfide) groups is 1. The zero-order chi connectivity index (χ0) is 19.8. The average molecular weight is 374 g/mol. The Hall–Kier alpha value is -3.89. The van der Waals surface area contributed by atoms with E-state index in [0.717, 1.165) is 16.0 Å². The zero-order valence-corrected chi connectivity index (χ0v) is 16.0. The van der Waals surface area contributed by atoms with E-state index in [1.807, 2.05) is 60.9 Å². The van der Waals surface area contributed by atoms with Crippen LogP contribution in [-0.2, 0) is 0 Å². The van der Waals surface area contributed by atoms with Crippen LogP contribution in [-0.4, -0.2) is 6.26 Å². The predicted molar refractivity (Wildman–Crippen MR) is 112 cm³/mol. The second-order valence-corrected chi connectivity index (χ2v) is 6.64. The van der Waals surface area contributed by atoms with Crippen molar-refractivity contribution in [3.05, 3.63) is 100 Å². The molecule has 130 valence electrons. The number of nitriles is 2. The summed E-state index contributed by atoms with van der Waals surface area (Å²) in [4.78, 5) is 1.16. The molecule has 0 saturated heterocycles. The van der Waals surface area contributed by atoms with Gasteiger partial charge in [0, 0.05) is 27.1 Å². The predicted octanol–water partition coefficient (Wildman–Crippen LogP) is 4.95. The molecule has 0 fully saturated rings. The minimum absolute atomic E-state index is 0.407. The highest BCUT2D eigenvalue weighted by Crippen LogP contribution is 2.17. The molecule has 0 spiro atoms. The Morgan fingerprint density at radius 3 is 1.57 bits per heavy atom. The molecule has 0 amide bonds. The first-order chi connectivity index (χ1) is 13.7. The molecule has 2 nitrogen and oxygen atoms in total. The van der Waals surface area contributed by atoms with Gasteiger partial charge in [0.15, 0.2) is 0 Å². The lowest BCUT2D eigenvalue weighted by molar-refractivity contribution is 1.41. The van der Waals surface area contributed by atoms with Crippen molar-refractivity contribution in [3.63, 3.8) is 0 Å². The summed E-state index contributed by atoms with van der Waals surface area (Å²) in [6.07, 6.45) is 2.02. The fourth-order valence-electron chi connectivity index (χ4n) is 2.47. The summed E-state index contributed by atoms with van der Waals surface area (Å²) in [6.45, 7) is 0. The lowest BCUT2D eigenvalue weighted by atomic mass is 9.99. The SMILES string of the molecule is CSc1ccc(C#Cc2cc(C#N)c(C#Cc3ccccc3)cc2C#N)cc1. The second kappa shape index (κ2) is 9.16. The molecule has 0 radical (unpaired) electrons. The molecule has 0 saturated carbocycles. The number of hydrogen-bond acceptors (Lipinski definition) is 3. The molecule has 3 heteroatoms. The molecule has 0 N–H and O–H groups in total. The van der Waals surface area contributed by atoms with E-state index in [2.05, 4.69) is 35.8 Å². The lowest BCUT2D eigenvalue weighted by Gasteiger charge is -2.01. The van der Waals surface area contributed by atoms with Crippen molar-refractivity contribution in [3.8, 4) is 35.8 Å². The number of benzene rings is 3. The summed E-state index contributed by atoms with van der Waals surface area (Å²) in [5, 5.41) is 19.0. The number of rotatable bonds is 1. The second-order valence-electron chi connectivity index (χ2n) is 5.76. The summed E-state index contributed by atoms with van der Waals surface area (Å²) in [6, 6.07) is 25.0. The quantitative estimate of drug-likeness (QED) is 0.447. The topological polar surface area (TPSA) is 47.6 Å². The van der Waals surface area contributed by atoms with Gasteiger partial charge in [0.05, 0.1) is 11.1 Å². The molecule has 0 aliphatic rings. The van der Waals surface area contributed by atoms with Crippen molar-refractivity contribution >= 4 is 11.8 Å². The molecule has 0 bridgehead atoms. The minimum Gasteiger partial charge on any atom is -0.192 e. The molecule has 3 aromatic carbocycles. The molecule has 28 heavy (non-hydrogen) atoms. The van der Waals surface area contributed by atoms with E-state index in [0.29, 0.717) is 22.3 Å². The molecule has 0 heterocycles. The summed E-state index contributed by atoms with van der Waals surface area (Å²) < 4.78 is 0. The van der Waals surface area contributed by atoms with E-state index < -0.39 is 0 Å². The molecule has 3 rings (SSSR count). The minimum atomic E-state index is 0.407. The van der Waals surface area contributed by atoms with Crippen molar-refractivity contribution < 1.29 is 0 Å². The molecule has 3 aromatic rings. The van der Waals surface area contributed by atoms with E-state index in [1.54, 1.807) is 23.9 Å². The Kier molecular flexibility index (Phi) is 6.18. The maximum atomic E-state index is 9.51. The van der Waals surface area contributed by atoms with E-state index in [9.17, 15) is 10.5 Å². The van der Waals surface area contributed by atoms with E-state index in [-0.39, 0.29) is 0 Å². The largest absolute Gasteiger partial charge is 0.192 e. The average Bonchev–Trinajstić information content (AvgIpc) is 2.77. The van der Waals surface area contributed by atoms with Crippen LogP contribution < -0.4 is 0 Å². The molecule has 0 atom stereocenters. The van der Waals surface area contributed by atoms with Gasteiger partial charge in [0.1, 0.15) is 12.1 Å². The molecule has 0 unspecified atom stereocenters. The van der Waals surface area contributed by atoms with Crippen LogP contribution in [0.3, 0.4) is 0 Å². The van der Waals surface area contributed by atoms with E-state index in [1.165, 1.54) is 0 Å². The van der Waals surface area contributed by atoms with Crippen molar-refractivity contribution in [1.29, 1.82) is 10.5 Å². The third-order valence-electron chi connectivity index (χ3n) is 3.95. The van der Waals surface area contributed by atoms with E-state index in [4.69, 9.17) is 0 Å². The third-order valence-corrected chi connectivity index (χ3v) is 4.69. The summed E-state index contributed by atoms with van der Waals surface area (Å²) in [5.41, 5.74) is 3.57. The van der Waals surface area contributed by atoms with Gasteiger partial charge in [0.2, 0.25) is 0 Å². The van der Waals surface area contributed by atoms with Crippen LogP contribution in [0.25, 0.3) is 0 Å². The molecule has 0 aliphatic heterocycles. The van der Waals surface area contributed by atoms with Gasteiger partial charge in [-0.1, -0.05) is 41.9 Å². The molecular weight excluding hydrogens is 360 g/mol. The van der Waals surface area contributed by atoms with Crippen LogP contribution in [0.4, 0.5) is 0 Å². The number of hydrogen-bond donors (Lipinski definition) is 0. The highest BCUT2D eigenvalue weighted by Gasteiger charge is 2.07. The normalized spacial score (nSPS) is 9.11. The summed E-state index contributed by atoms with van der Waals surface area (Å²) in [5.74, 6) is 12.1. The highest BCUT2D eigenvalue weighted by atomic mass is 32.2. The van der Waals surface area contributed by atoms with Crippen LogP contribution in [0.5, 0.6) is 0 Å². The zero-order valence-electron chi connectivity index (χ0n) is 15.2. The maximum absolute atomic E-state index is 9.51. The summed E-state index contributed by atoms with van der Waals surface area (Å²) in [7, 11) is 0. The maximum Gasteiger partial charge on any atom is 0.100 e. The van der Waals surface area contributed by atoms with Gasteiger partial charge < -0.3 is 0 Å². The standard InChI is InChI=1S/C25H14N2S/c1-28-25-13-9-20(10-14-25)8-12-22-16-23(17-26)21(15-24(22)18-27)11-7-19-5-3-2-4-6-19/h2-6,9-10,13-16H,1H3. The Labute approximate surface area is 169 Å². The smallest absolute Gasteiger partial charge is 0.100 e. The van der Waals surface area contributed by atoms with Gasteiger partial charge in [-0.25, -0.2) is 0 Å². The van der Waals surface area contributed by atoms with Crippen molar-refractivity contribution in [2.75, 3.05) is 6.26 Å². The van der Waals surface area contributed by atoms with Crippen molar-refractivity contribution in [1.82, 2.24) is 0 Å². The van der Waals surface area contributed by atoms with Crippen molar-refractivity contribution in [2.45, 2.75) is 4.90 Å². The Balaban J connectivity index is 1.98. The Morgan fingerprint density at radius 1 is 0.607 bits per heavy atom. The molecule has 0 aromatic heterocycles. The lowest BCUT2D eigenvalue weighted by Crippen LogP contribution is -1.92. The third kappa shape index (κ3) is 4.63. The van der Waals surface area contributed by atoms with Crippen LogP contribution in [0.2, 0.25) is 0 Å². The number of nitrogens with zero attached hydrogens (tertiary/aromatic N) is 2. The van der Waals surface area contributed by atoms with Gasteiger partial charge in [0.25, 0.3) is 0 Å². The Bertz CT molecular complexity index is 1200. The van der Waals surface area contributed by atoms with Crippen LogP contribution in [0, 0.1) is 46.3 Å². The van der Waals surface area contributed by atoms with E-state index >= 15 is 0 Å². The fraction of sp³-hybridized carbons (Fsp3) is 0.0400. The highest BCUT2D eigenvalue weighted by molar-refractivity contribution is 7.98. The van der Waals surface area contributed by atoms with Crippen LogP contribution in [0.1, 0.15) is 33.4 Å². The first-order valence-corrected chi connectivity index (χ1v) is 9.67. The fourth-order valence-corrected chi connectivity index (χ4v) is 2.87.